The molecule has 0 saturated heterocycles. The van der Waals surface area contributed by atoms with Crippen molar-refractivity contribution in [2.24, 2.45) is 0 Å². The van der Waals surface area contributed by atoms with E-state index in [1.165, 1.54) is 27.5 Å². The molecule has 0 amide bonds. The van der Waals surface area contributed by atoms with Gasteiger partial charge in [0.05, 0.1) is 0 Å². The lowest BCUT2D eigenvalue weighted by molar-refractivity contribution is 0.466. The van der Waals surface area contributed by atoms with E-state index in [4.69, 9.17) is 4.42 Å². The minimum absolute atomic E-state index is 0.573. The molecule has 0 radical (unpaired) electrons. The SMILES string of the molecule is Cc1ccc(-c2nnc(SCc3cccc4ccccc34)o2)cc1C. The second-order valence-corrected chi connectivity index (χ2v) is 7.03. The number of aryl methyl sites for hydroxylation is 2. The maximum Gasteiger partial charge on any atom is 0.277 e. The van der Waals surface area contributed by atoms with Crippen LogP contribution in [0.4, 0.5) is 0 Å². The van der Waals surface area contributed by atoms with Crippen LogP contribution >= 0.6 is 11.8 Å². The molecule has 0 spiro atoms. The first kappa shape index (κ1) is 15.9. The first-order valence-electron chi connectivity index (χ1n) is 8.21. The number of hydrogen-bond donors (Lipinski definition) is 0. The van der Waals surface area contributed by atoms with Gasteiger partial charge in [-0.3, -0.25) is 0 Å². The summed E-state index contributed by atoms with van der Waals surface area (Å²) in [5.74, 6) is 1.37. The largest absolute Gasteiger partial charge is 0.411 e. The highest BCUT2D eigenvalue weighted by Crippen LogP contribution is 2.29. The van der Waals surface area contributed by atoms with Gasteiger partial charge in [0, 0.05) is 11.3 Å². The molecule has 124 valence electrons. The first-order valence-corrected chi connectivity index (χ1v) is 9.20. The minimum Gasteiger partial charge on any atom is -0.411 e. The Morgan fingerprint density at radius 3 is 2.60 bits per heavy atom. The van der Waals surface area contributed by atoms with Gasteiger partial charge in [-0.1, -0.05) is 60.3 Å². The third-order valence-electron chi connectivity index (χ3n) is 4.39. The zero-order chi connectivity index (χ0) is 17.2. The van der Waals surface area contributed by atoms with E-state index < -0.39 is 0 Å². The van der Waals surface area contributed by atoms with E-state index in [9.17, 15) is 0 Å². The van der Waals surface area contributed by atoms with Crippen LogP contribution in [0.1, 0.15) is 16.7 Å². The minimum atomic E-state index is 0.573. The topological polar surface area (TPSA) is 38.9 Å². The van der Waals surface area contributed by atoms with Crippen LogP contribution in [0.2, 0.25) is 0 Å². The van der Waals surface area contributed by atoms with Crippen molar-refractivity contribution in [1.29, 1.82) is 0 Å². The molecule has 0 aliphatic rings. The second-order valence-electron chi connectivity index (χ2n) is 6.10. The van der Waals surface area contributed by atoms with E-state index in [1.807, 2.05) is 6.07 Å². The molecular weight excluding hydrogens is 328 g/mol. The Kier molecular flexibility index (Phi) is 4.28. The van der Waals surface area contributed by atoms with E-state index in [0.717, 1.165) is 11.3 Å². The number of thioether (sulfide) groups is 1. The summed E-state index contributed by atoms with van der Waals surface area (Å²) < 4.78 is 5.84. The Morgan fingerprint density at radius 2 is 1.72 bits per heavy atom. The van der Waals surface area contributed by atoms with Crippen LogP contribution in [-0.4, -0.2) is 10.2 Å². The van der Waals surface area contributed by atoms with Crippen LogP contribution < -0.4 is 0 Å². The maximum absolute atomic E-state index is 5.84. The van der Waals surface area contributed by atoms with E-state index in [-0.39, 0.29) is 0 Å². The quantitative estimate of drug-likeness (QED) is 0.438. The average molecular weight is 346 g/mol. The summed E-state index contributed by atoms with van der Waals surface area (Å²) in [6.45, 7) is 4.18. The predicted molar refractivity (Wildman–Crippen MR) is 103 cm³/mol. The lowest BCUT2D eigenvalue weighted by Crippen LogP contribution is -1.84. The number of hydrogen-bond acceptors (Lipinski definition) is 4. The molecule has 3 aromatic carbocycles. The van der Waals surface area contributed by atoms with E-state index in [2.05, 4.69) is 78.6 Å². The van der Waals surface area contributed by atoms with Crippen LogP contribution in [0.15, 0.2) is 70.3 Å². The number of fused-ring (bicyclic) bond motifs is 1. The third kappa shape index (κ3) is 3.30. The fourth-order valence-corrected chi connectivity index (χ4v) is 3.58. The van der Waals surface area contributed by atoms with Crippen molar-refractivity contribution in [3.63, 3.8) is 0 Å². The summed E-state index contributed by atoms with van der Waals surface area (Å²) in [5.41, 5.74) is 4.72. The van der Waals surface area contributed by atoms with Gasteiger partial charge in [0.2, 0.25) is 5.89 Å². The molecule has 0 bridgehead atoms. The van der Waals surface area contributed by atoms with Crippen molar-refractivity contribution in [3.8, 4) is 11.5 Å². The lowest BCUT2D eigenvalue weighted by atomic mass is 10.1. The summed E-state index contributed by atoms with van der Waals surface area (Å²) in [4.78, 5) is 0. The van der Waals surface area contributed by atoms with Gasteiger partial charge in [0.1, 0.15) is 0 Å². The Bertz CT molecular complexity index is 1030. The van der Waals surface area contributed by atoms with Crippen LogP contribution in [0.25, 0.3) is 22.2 Å². The highest BCUT2D eigenvalue weighted by Gasteiger charge is 2.11. The Balaban J connectivity index is 1.54. The van der Waals surface area contributed by atoms with Crippen molar-refractivity contribution in [1.82, 2.24) is 10.2 Å². The predicted octanol–water partition coefficient (Wildman–Crippen LogP) is 5.80. The number of nitrogens with zero attached hydrogens (tertiary/aromatic N) is 2. The van der Waals surface area contributed by atoms with Crippen LogP contribution in [0, 0.1) is 13.8 Å². The Hall–Kier alpha value is -2.59. The fourth-order valence-electron chi connectivity index (χ4n) is 2.82. The maximum atomic E-state index is 5.84. The van der Waals surface area contributed by atoms with Gasteiger partial charge in [0.25, 0.3) is 5.22 Å². The van der Waals surface area contributed by atoms with Gasteiger partial charge >= 0.3 is 0 Å². The molecule has 25 heavy (non-hydrogen) atoms. The summed E-state index contributed by atoms with van der Waals surface area (Å²) in [6, 6.07) is 21.0. The smallest absolute Gasteiger partial charge is 0.277 e. The Morgan fingerprint density at radius 1 is 0.880 bits per heavy atom. The molecular formula is C21H18N2OS. The fraction of sp³-hybridized carbons (Fsp3) is 0.143. The number of benzene rings is 3. The summed E-state index contributed by atoms with van der Waals surface area (Å²) in [7, 11) is 0. The molecule has 3 nitrogen and oxygen atoms in total. The highest BCUT2D eigenvalue weighted by atomic mass is 32.2. The molecule has 1 heterocycles. The summed E-state index contributed by atoms with van der Waals surface area (Å²) in [6.07, 6.45) is 0. The van der Waals surface area contributed by atoms with Crippen molar-refractivity contribution in [3.05, 3.63) is 77.4 Å². The molecule has 0 atom stereocenters. The molecule has 0 fully saturated rings. The third-order valence-corrected chi connectivity index (χ3v) is 5.26. The second kappa shape index (κ2) is 6.73. The monoisotopic (exact) mass is 346 g/mol. The van der Waals surface area contributed by atoms with Crippen molar-refractivity contribution in [2.45, 2.75) is 24.8 Å². The standard InChI is InChI=1S/C21H18N2OS/c1-14-10-11-17(12-15(14)2)20-22-23-21(24-20)25-13-18-8-5-7-16-6-3-4-9-19(16)18/h3-12H,13H2,1-2H3. The van der Waals surface area contributed by atoms with Gasteiger partial charge in [0.15, 0.2) is 0 Å². The summed E-state index contributed by atoms with van der Waals surface area (Å²) in [5, 5.41) is 11.5. The van der Waals surface area contributed by atoms with E-state index in [0.29, 0.717) is 11.1 Å². The van der Waals surface area contributed by atoms with Crippen LogP contribution in [-0.2, 0) is 5.75 Å². The van der Waals surface area contributed by atoms with Crippen LogP contribution in [0.5, 0.6) is 0 Å². The number of rotatable bonds is 4. The van der Waals surface area contributed by atoms with Gasteiger partial charge < -0.3 is 4.42 Å². The molecule has 0 N–H and O–H groups in total. The van der Waals surface area contributed by atoms with Crippen molar-refractivity contribution >= 4 is 22.5 Å². The first-order chi connectivity index (χ1) is 12.2. The van der Waals surface area contributed by atoms with E-state index in [1.54, 1.807) is 11.8 Å². The molecule has 1 aromatic heterocycles. The van der Waals surface area contributed by atoms with Crippen molar-refractivity contribution < 1.29 is 4.42 Å². The van der Waals surface area contributed by atoms with Gasteiger partial charge in [-0.15, -0.1) is 10.2 Å². The molecule has 0 unspecified atom stereocenters. The molecule has 0 aliphatic carbocycles. The zero-order valence-corrected chi connectivity index (χ0v) is 15.0. The lowest BCUT2D eigenvalue weighted by Gasteiger charge is -2.04. The number of aromatic nitrogens is 2. The molecule has 4 heteroatoms. The van der Waals surface area contributed by atoms with Gasteiger partial charge in [-0.05, 0) is 53.4 Å². The van der Waals surface area contributed by atoms with Gasteiger partial charge in [-0.25, -0.2) is 0 Å². The molecule has 0 saturated carbocycles. The average Bonchev–Trinajstić information content (AvgIpc) is 3.11. The zero-order valence-electron chi connectivity index (χ0n) is 14.2. The Labute approximate surface area is 151 Å². The van der Waals surface area contributed by atoms with E-state index >= 15 is 0 Å². The molecule has 4 rings (SSSR count). The molecule has 0 aliphatic heterocycles. The van der Waals surface area contributed by atoms with Crippen molar-refractivity contribution in [2.75, 3.05) is 0 Å². The molecule has 4 aromatic rings. The van der Waals surface area contributed by atoms with Gasteiger partial charge in [-0.2, -0.15) is 0 Å². The summed E-state index contributed by atoms with van der Waals surface area (Å²) >= 11 is 1.57. The highest BCUT2D eigenvalue weighted by molar-refractivity contribution is 7.98. The normalized spacial score (nSPS) is 11.1. The van der Waals surface area contributed by atoms with Crippen LogP contribution in [0.3, 0.4) is 0 Å².